The fraction of sp³-hybridized carbons (Fsp3) is 0.429. The quantitative estimate of drug-likeness (QED) is 0.883. The molecule has 0 atom stereocenters. The maximum absolute atomic E-state index is 12.1. The number of amides is 1. The van der Waals surface area contributed by atoms with Gasteiger partial charge in [0, 0.05) is 31.1 Å². The molecule has 1 saturated heterocycles. The molecule has 3 rings (SSSR count). The molecule has 2 aromatic rings. The maximum Gasteiger partial charge on any atom is 0.224 e. The van der Waals surface area contributed by atoms with Crippen molar-refractivity contribution in [3.05, 3.63) is 28.0 Å². The van der Waals surface area contributed by atoms with E-state index < -0.39 is 0 Å². The van der Waals surface area contributed by atoms with Gasteiger partial charge in [0.25, 0.3) is 0 Å². The molecule has 2 heterocycles. The number of nitrogens with one attached hydrogen (secondary N) is 1. The van der Waals surface area contributed by atoms with Gasteiger partial charge in [-0.1, -0.05) is 11.6 Å². The molecule has 1 aliphatic heterocycles. The molecule has 0 aliphatic carbocycles. The van der Waals surface area contributed by atoms with Gasteiger partial charge < -0.3 is 14.5 Å². The molecule has 0 spiro atoms. The maximum atomic E-state index is 12.1. The van der Waals surface area contributed by atoms with E-state index in [1.807, 2.05) is 27.7 Å². The van der Waals surface area contributed by atoms with Crippen molar-refractivity contribution in [3.63, 3.8) is 0 Å². The Labute approximate surface area is 127 Å². The topological polar surface area (TPSA) is 41.0 Å². The second-order valence-corrected chi connectivity index (χ2v) is 5.90. The number of nitrogens with zero attached hydrogens (tertiary/aromatic N) is 2. The fourth-order valence-corrected chi connectivity index (χ4v) is 3.16. The van der Waals surface area contributed by atoms with Crippen molar-refractivity contribution in [3.8, 4) is 0 Å². The number of carbonyl (C=O) groups excluding carboxylic acids is 1. The molecule has 0 saturated carbocycles. The highest BCUT2D eigenvalue weighted by Gasteiger charge is 2.17. The zero-order chi connectivity index (χ0) is 14.1. The molecule has 1 N–H and O–H groups in total. The van der Waals surface area contributed by atoms with Crippen molar-refractivity contribution in [1.29, 1.82) is 0 Å². The van der Waals surface area contributed by atoms with E-state index in [2.05, 4.69) is 4.98 Å². The molecule has 1 aliphatic rings. The summed E-state index contributed by atoms with van der Waals surface area (Å²) in [6, 6.07) is 5.63. The Bertz CT molecular complexity index is 700. The van der Waals surface area contributed by atoms with E-state index in [0.717, 1.165) is 37.0 Å². The Morgan fingerprint density at radius 3 is 2.85 bits per heavy atom. The predicted molar refractivity (Wildman–Crippen MR) is 82.6 cm³/mol. The third-order valence-corrected chi connectivity index (χ3v) is 4.30. The Morgan fingerprint density at radius 2 is 2.10 bits per heavy atom. The van der Waals surface area contributed by atoms with Crippen LogP contribution in [0.1, 0.15) is 19.3 Å². The summed E-state index contributed by atoms with van der Waals surface area (Å²) in [6.07, 6.45) is 2.73. The third-order valence-electron chi connectivity index (χ3n) is 3.74. The van der Waals surface area contributed by atoms with Crippen LogP contribution in [0.5, 0.6) is 0 Å². The van der Waals surface area contributed by atoms with Gasteiger partial charge in [-0.3, -0.25) is 4.79 Å². The van der Waals surface area contributed by atoms with E-state index in [4.69, 9.17) is 23.8 Å². The highest BCUT2D eigenvalue weighted by molar-refractivity contribution is 7.71. The molecule has 20 heavy (non-hydrogen) atoms. The van der Waals surface area contributed by atoms with Crippen LogP contribution in [0.25, 0.3) is 11.0 Å². The summed E-state index contributed by atoms with van der Waals surface area (Å²) in [6.45, 7) is 2.40. The minimum absolute atomic E-state index is 0.215. The monoisotopic (exact) mass is 309 g/mol. The molecule has 6 heteroatoms. The van der Waals surface area contributed by atoms with Crippen LogP contribution in [0.3, 0.4) is 0 Å². The van der Waals surface area contributed by atoms with Crippen molar-refractivity contribution in [2.45, 2.75) is 25.8 Å². The molecule has 4 nitrogen and oxygen atoms in total. The summed E-state index contributed by atoms with van der Waals surface area (Å²) in [7, 11) is 0. The van der Waals surface area contributed by atoms with Crippen molar-refractivity contribution >= 4 is 40.8 Å². The Balaban J connectivity index is 1.78. The zero-order valence-corrected chi connectivity index (χ0v) is 12.6. The largest absolute Gasteiger partial charge is 0.343 e. The van der Waals surface area contributed by atoms with Gasteiger partial charge in [0.2, 0.25) is 5.91 Å². The number of H-pyrrole nitrogens is 1. The Morgan fingerprint density at radius 1 is 1.35 bits per heavy atom. The van der Waals surface area contributed by atoms with Crippen LogP contribution in [0.2, 0.25) is 5.02 Å². The number of likely N-dealkylation sites (tertiary alicyclic amines) is 1. The van der Waals surface area contributed by atoms with Crippen LogP contribution < -0.4 is 0 Å². The number of hydrogen-bond donors (Lipinski definition) is 1. The average Bonchev–Trinajstić information content (AvgIpc) is 3.03. The van der Waals surface area contributed by atoms with Crippen molar-refractivity contribution < 1.29 is 4.79 Å². The van der Waals surface area contributed by atoms with E-state index in [-0.39, 0.29) is 5.91 Å². The van der Waals surface area contributed by atoms with Gasteiger partial charge in [0.15, 0.2) is 4.77 Å². The van der Waals surface area contributed by atoms with Gasteiger partial charge in [0.05, 0.1) is 11.0 Å². The average molecular weight is 310 g/mol. The van der Waals surface area contributed by atoms with Crippen molar-refractivity contribution in [1.82, 2.24) is 14.5 Å². The van der Waals surface area contributed by atoms with Crippen LogP contribution in [0, 0.1) is 4.77 Å². The molecular weight excluding hydrogens is 294 g/mol. The number of fused-ring (bicyclic) bond motifs is 1. The van der Waals surface area contributed by atoms with Gasteiger partial charge in [-0.05, 0) is 43.3 Å². The molecule has 0 bridgehead atoms. The fourth-order valence-electron chi connectivity index (χ4n) is 2.69. The summed E-state index contributed by atoms with van der Waals surface area (Å²) < 4.78 is 2.60. The van der Waals surface area contributed by atoms with E-state index in [0.29, 0.717) is 22.8 Å². The minimum atomic E-state index is 0.215. The number of aryl methyl sites for hydroxylation is 1. The number of carbonyl (C=O) groups is 1. The first-order chi connectivity index (χ1) is 9.65. The molecular formula is C14H16ClN3OS. The lowest BCUT2D eigenvalue weighted by molar-refractivity contribution is -0.130. The number of imidazole rings is 1. The second kappa shape index (κ2) is 5.58. The number of rotatable bonds is 3. The highest BCUT2D eigenvalue weighted by Crippen LogP contribution is 2.19. The molecule has 1 fully saturated rings. The van der Waals surface area contributed by atoms with Crippen LogP contribution in [0.4, 0.5) is 0 Å². The van der Waals surface area contributed by atoms with E-state index in [1.54, 1.807) is 0 Å². The lowest BCUT2D eigenvalue weighted by Crippen LogP contribution is -2.28. The number of hydrogen-bond acceptors (Lipinski definition) is 2. The predicted octanol–water partition coefficient (Wildman–Crippen LogP) is 3.36. The van der Waals surface area contributed by atoms with Crippen molar-refractivity contribution in [2.24, 2.45) is 0 Å². The Kier molecular flexibility index (Phi) is 3.81. The molecule has 0 radical (unpaired) electrons. The first-order valence-corrected chi connectivity index (χ1v) is 7.59. The van der Waals surface area contributed by atoms with E-state index >= 15 is 0 Å². The summed E-state index contributed by atoms with van der Waals surface area (Å²) in [5, 5.41) is 0.675. The van der Waals surface area contributed by atoms with Gasteiger partial charge in [-0.25, -0.2) is 0 Å². The summed E-state index contributed by atoms with van der Waals surface area (Å²) in [5.41, 5.74) is 1.91. The lowest BCUT2D eigenvalue weighted by Gasteiger charge is -2.15. The molecule has 0 unspecified atom stereocenters. The van der Waals surface area contributed by atoms with Crippen LogP contribution in [0.15, 0.2) is 18.2 Å². The van der Waals surface area contributed by atoms with Crippen LogP contribution in [-0.2, 0) is 11.3 Å². The van der Waals surface area contributed by atoms with Crippen LogP contribution in [-0.4, -0.2) is 33.4 Å². The van der Waals surface area contributed by atoms with Crippen LogP contribution >= 0.6 is 23.8 Å². The summed E-state index contributed by atoms with van der Waals surface area (Å²) in [4.78, 5) is 17.2. The summed E-state index contributed by atoms with van der Waals surface area (Å²) in [5.74, 6) is 0.215. The standard InChI is InChI=1S/C14H16ClN3OS/c15-10-3-4-12-11(9-10)16-14(20)18(12)8-5-13(19)17-6-1-2-7-17/h3-4,9H,1-2,5-8H2,(H,16,20). The smallest absolute Gasteiger partial charge is 0.224 e. The zero-order valence-electron chi connectivity index (χ0n) is 11.1. The molecule has 1 aromatic carbocycles. The lowest BCUT2D eigenvalue weighted by atomic mass is 10.3. The van der Waals surface area contributed by atoms with Crippen molar-refractivity contribution in [2.75, 3.05) is 13.1 Å². The van der Waals surface area contributed by atoms with E-state index in [9.17, 15) is 4.79 Å². The molecule has 1 amide bonds. The number of halogens is 1. The van der Waals surface area contributed by atoms with Gasteiger partial charge in [0.1, 0.15) is 0 Å². The first-order valence-electron chi connectivity index (χ1n) is 6.81. The summed E-state index contributed by atoms with van der Waals surface area (Å²) >= 11 is 11.3. The normalized spacial score (nSPS) is 15.2. The van der Waals surface area contributed by atoms with Gasteiger partial charge in [-0.15, -0.1) is 0 Å². The third kappa shape index (κ3) is 2.60. The molecule has 106 valence electrons. The number of aromatic amines is 1. The second-order valence-electron chi connectivity index (χ2n) is 5.08. The Hall–Kier alpha value is -1.33. The minimum Gasteiger partial charge on any atom is -0.343 e. The number of aromatic nitrogens is 2. The highest BCUT2D eigenvalue weighted by atomic mass is 35.5. The van der Waals surface area contributed by atoms with Gasteiger partial charge in [-0.2, -0.15) is 0 Å². The molecule has 1 aromatic heterocycles. The SMILES string of the molecule is O=C(CCn1c(=S)[nH]c2cc(Cl)ccc21)N1CCCC1. The number of benzene rings is 1. The van der Waals surface area contributed by atoms with Gasteiger partial charge >= 0.3 is 0 Å². The first kappa shape index (κ1) is 13.6. The van der Waals surface area contributed by atoms with E-state index in [1.165, 1.54) is 0 Å².